The number of nitrogens with two attached hydrogens (primary N) is 1. The molecule has 1 aromatic heterocycles. The molecule has 4 nitrogen and oxygen atoms in total. The Bertz CT molecular complexity index is 425. The zero-order valence-electron chi connectivity index (χ0n) is 9.04. The van der Waals surface area contributed by atoms with Crippen LogP contribution in [0.25, 0.3) is 5.69 Å². The maximum absolute atomic E-state index is 5.49. The molecule has 1 heterocycles. The van der Waals surface area contributed by atoms with Gasteiger partial charge in [0.15, 0.2) is 5.75 Å². The zero-order chi connectivity index (χ0) is 11.2. The minimum absolute atomic E-state index is 0.636. The molecule has 0 saturated carbocycles. The van der Waals surface area contributed by atoms with Crippen LogP contribution in [0.5, 0.6) is 5.75 Å². The molecule has 0 aliphatic heterocycles. The van der Waals surface area contributed by atoms with Crippen LogP contribution in [-0.4, -0.2) is 22.9 Å². The van der Waals surface area contributed by atoms with Crippen molar-refractivity contribution in [3.8, 4) is 11.4 Å². The van der Waals surface area contributed by atoms with Gasteiger partial charge in [0.25, 0.3) is 0 Å². The van der Waals surface area contributed by atoms with E-state index in [1.165, 1.54) is 0 Å². The Labute approximate surface area is 94.6 Å². The predicted octanol–water partition coefficient (Wildman–Crippen LogP) is 1.60. The van der Waals surface area contributed by atoms with Gasteiger partial charge in [-0.05, 0) is 25.1 Å². The third-order valence-corrected chi connectivity index (χ3v) is 2.20. The summed E-state index contributed by atoms with van der Waals surface area (Å²) >= 11 is 0. The first kappa shape index (κ1) is 10.7. The van der Waals surface area contributed by atoms with Gasteiger partial charge in [-0.1, -0.05) is 18.2 Å². The van der Waals surface area contributed by atoms with E-state index in [1.807, 2.05) is 36.5 Å². The van der Waals surface area contributed by atoms with Crippen molar-refractivity contribution in [2.45, 2.75) is 6.42 Å². The van der Waals surface area contributed by atoms with Crippen LogP contribution in [0.1, 0.15) is 6.42 Å². The molecule has 0 unspecified atom stereocenters. The van der Waals surface area contributed by atoms with Gasteiger partial charge in [0.2, 0.25) is 0 Å². The van der Waals surface area contributed by atoms with E-state index in [1.54, 1.807) is 10.9 Å². The summed E-state index contributed by atoms with van der Waals surface area (Å²) in [4.78, 5) is 0. The van der Waals surface area contributed by atoms with Gasteiger partial charge in [0.1, 0.15) is 0 Å². The number of hydrogen-bond donors (Lipinski definition) is 1. The van der Waals surface area contributed by atoms with Crippen molar-refractivity contribution >= 4 is 0 Å². The van der Waals surface area contributed by atoms with Gasteiger partial charge in [-0.2, -0.15) is 5.10 Å². The maximum Gasteiger partial charge on any atom is 0.157 e. The highest BCUT2D eigenvalue weighted by Crippen LogP contribution is 2.13. The first-order valence-corrected chi connectivity index (χ1v) is 5.33. The van der Waals surface area contributed by atoms with Crippen molar-refractivity contribution in [1.82, 2.24) is 9.78 Å². The second kappa shape index (κ2) is 5.32. The fourth-order valence-electron chi connectivity index (χ4n) is 1.38. The lowest BCUT2D eigenvalue weighted by Gasteiger charge is -2.01. The smallest absolute Gasteiger partial charge is 0.157 e. The van der Waals surface area contributed by atoms with Crippen LogP contribution in [0.4, 0.5) is 0 Å². The lowest BCUT2D eigenvalue weighted by Crippen LogP contribution is -2.05. The molecule has 0 bridgehead atoms. The molecular weight excluding hydrogens is 202 g/mol. The van der Waals surface area contributed by atoms with Gasteiger partial charge in [0, 0.05) is 0 Å². The lowest BCUT2D eigenvalue weighted by atomic mass is 10.3. The average Bonchev–Trinajstić information content (AvgIpc) is 2.79. The molecule has 0 atom stereocenters. The van der Waals surface area contributed by atoms with E-state index >= 15 is 0 Å². The molecule has 0 fully saturated rings. The van der Waals surface area contributed by atoms with E-state index in [0.717, 1.165) is 17.9 Å². The van der Waals surface area contributed by atoms with E-state index < -0.39 is 0 Å². The quantitative estimate of drug-likeness (QED) is 0.774. The number of benzene rings is 1. The monoisotopic (exact) mass is 217 g/mol. The topological polar surface area (TPSA) is 53.1 Å². The third kappa shape index (κ3) is 2.61. The summed E-state index contributed by atoms with van der Waals surface area (Å²) in [5.41, 5.74) is 6.41. The molecule has 16 heavy (non-hydrogen) atoms. The van der Waals surface area contributed by atoms with E-state index in [-0.39, 0.29) is 0 Å². The Morgan fingerprint density at radius 1 is 1.25 bits per heavy atom. The van der Waals surface area contributed by atoms with E-state index in [0.29, 0.717) is 13.2 Å². The van der Waals surface area contributed by atoms with Gasteiger partial charge in [-0.25, -0.2) is 4.68 Å². The molecule has 0 amide bonds. The minimum Gasteiger partial charge on any atom is -0.490 e. The highest BCUT2D eigenvalue weighted by atomic mass is 16.5. The molecule has 2 aromatic rings. The normalized spacial score (nSPS) is 10.3. The Morgan fingerprint density at radius 2 is 2.06 bits per heavy atom. The van der Waals surface area contributed by atoms with Crippen LogP contribution in [0.2, 0.25) is 0 Å². The SMILES string of the molecule is NCCCOc1cnn(-c2ccccc2)c1. The fourth-order valence-corrected chi connectivity index (χ4v) is 1.38. The second-order valence-corrected chi connectivity index (χ2v) is 3.45. The van der Waals surface area contributed by atoms with Crippen LogP contribution in [0.3, 0.4) is 0 Å². The van der Waals surface area contributed by atoms with Gasteiger partial charge in [-0.15, -0.1) is 0 Å². The number of nitrogens with zero attached hydrogens (tertiary/aromatic N) is 2. The highest BCUT2D eigenvalue weighted by Gasteiger charge is 2.00. The lowest BCUT2D eigenvalue weighted by molar-refractivity contribution is 0.313. The van der Waals surface area contributed by atoms with Crippen LogP contribution in [0, 0.1) is 0 Å². The Kier molecular flexibility index (Phi) is 3.56. The number of rotatable bonds is 5. The summed E-state index contributed by atoms with van der Waals surface area (Å²) in [5.74, 6) is 0.775. The number of aromatic nitrogens is 2. The molecule has 0 aliphatic rings. The first-order chi connectivity index (χ1) is 7.90. The van der Waals surface area contributed by atoms with Crippen LogP contribution < -0.4 is 10.5 Å². The largest absolute Gasteiger partial charge is 0.490 e. The molecule has 84 valence electrons. The second-order valence-electron chi connectivity index (χ2n) is 3.45. The summed E-state index contributed by atoms with van der Waals surface area (Å²) in [6.45, 7) is 1.28. The van der Waals surface area contributed by atoms with Crippen molar-refractivity contribution in [3.05, 3.63) is 42.7 Å². The van der Waals surface area contributed by atoms with Crippen molar-refractivity contribution < 1.29 is 4.74 Å². The predicted molar refractivity (Wildman–Crippen MR) is 62.7 cm³/mol. The Hall–Kier alpha value is -1.81. The molecule has 0 radical (unpaired) electrons. The Morgan fingerprint density at radius 3 is 2.81 bits per heavy atom. The van der Waals surface area contributed by atoms with Gasteiger partial charge in [-0.3, -0.25) is 0 Å². The summed E-state index contributed by atoms with van der Waals surface area (Å²) < 4.78 is 7.27. The van der Waals surface area contributed by atoms with Crippen LogP contribution >= 0.6 is 0 Å². The summed E-state index contributed by atoms with van der Waals surface area (Å²) in [6.07, 6.45) is 4.44. The standard InChI is InChI=1S/C12H15N3O/c13-7-4-8-16-12-9-14-15(10-12)11-5-2-1-3-6-11/h1-3,5-6,9-10H,4,7-8,13H2. The fraction of sp³-hybridized carbons (Fsp3) is 0.250. The molecule has 2 N–H and O–H groups in total. The maximum atomic E-state index is 5.49. The zero-order valence-corrected chi connectivity index (χ0v) is 9.04. The summed E-state index contributed by atoms with van der Waals surface area (Å²) in [6, 6.07) is 9.93. The summed E-state index contributed by atoms with van der Waals surface area (Å²) in [5, 5.41) is 4.23. The van der Waals surface area contributed by atoms with Gasteiger partial charge >= 0.3 is 0 Å². The van der Waals surface area contributed by atoms with Crippen LogP contribution in [0.15, 0.2) is 42.7 Å². The minimum atomic E-state index is 0.636. The molecular formula is C12H15N3O. The Balaban J connectivity index is 2.02. The van der Waals surface area contributed by atoms with E-state index in [4.69, 9.17) is 10.5 Å². The average molecular weight is 217 g/mol. The van der Waals surface area contributed by atoms with Crippen molar-refractivity contribution in [2.75, 3.05) is 13.2 Å². The van der Waals surface area contributed by atoms with Crippen LogP contribution in [-0.2, 0) is 0 Å². The van der Waals surface area contributed by atoms with Gasteiger partial charge < -0.3 is 10.5 Å². The highest BCUT2D eigenvalue weighted by molar-refractivity contribution is 5.32. The van der Waals surface area contributed by atoms with Gasteiger partial charge in [0.05, 0.1) is 24.7 Å². The van der Waals surface area contributed by atoms with Crippen molar-refractivity contribution in [2.24, 2.45) is 5.73 Å². The summed E-state index contributed by atoms with van der Waals surface area (Å²) in [7, 11) is 0. The van der Waals surface area contributed by atoms with E-state index in [9.17, 15) is 0 Å². The molecule has 1 aromatic carbocycles. The molecule has 0 aliphatic carbocycles. The number of hydrogen-bond acceptors (Lipinski definition) is 3. The molecule has 4 heteroatoms. The first-order valence-electron chi connectivity index (χ1n) is 5.33. The van der Waals surface area contributed by atoms with Crippen molar-refractivity contribution in [3.63, 3.8) is 0 Å². The third-order valence-electron chi connectivity index (χ3n) is 2.20. The molecule has 2 rings (SSSR count). The number of para-hydroxylation sites is 1. The van der Waals surface area contributed by atoms with Crippen molar-refractivity contribution in [1.29, 1.82) is 0 Å². The molecule has 0 saturated heterocycles. The number of ether oxygens (including phenoxy) is 1. The van der Waals surface area contributed by atoms with E-state index in [2.05, 4.69) is 5.10 Å². The molecule has 0 spiro atoms.